The SMILES string of the molecule is C(#CC1(c2ccccc2)c2ccccc2-c2ccc(-c3cccc(N(c4ccccc4)c4ccc5c(c4)oc4ccccc45)c3)cc21)c1ccccc1. The number of fused-ring (bicyclic) bond motifs is 6. The fourth-order valence-corrected chi connectivity index (χ4v) is 8.05. The van der Waals surface area contributed by atoms with Crippen molar-refractivity contribution in [2.45, 2.75) is 5.41 Å². The molecule has 248 valence electrons. The first-order valence-electron chi connectivity index (χ1n) is 18.0. The van der Waals surface area contributed by atoms with Crippen molar-refractivity contribution < 1.29 is 4.42 Å². The summed E-state index contributed by atoms with van der Waals surface area (Å²) in [4.78, 5) is 2.30. The molecule has 53 heavy (non-hydrogen) atoms. The lowest BCUT2D eigenvalue weighted by Crippen LogP contribution is -2.25. The van der Waals surface area contributed by atoms with Crippen molar-refractivity contribution in [1.29, 1.82) is 0 Å². The number of para-hydroxylation sites is 2. The maximum Gasteiger partial charge on any atom is 0.137 e. The largest absolute Gasteiger partial charge is 0.456 e. The second kappa shape index (κ2) is 12.6. The van der Waals surface area contributed by atoms with Gasteiger partial charge in [0.2, 0.25) is 0 Å². The predicted molar refractivity (Wildman–Crippen MR) is 219 cm³/mol. The average molecular weight is 676 g/mol. The molecule has 8 aromatic carbocycles. The van der Waals surface area contributed by atoms with Gasteiger partial charge < -0.3 is 9.32 Å². The van der Waals surface area contributed by atoms with E-state index in [4.69, 9.17) is 4.42 Å². The smallest absolute Gasteiger partial charge is 0.137 e. The van der Waals surface area contributed by atoms with Crippen molar-refractivity contribution >= 4 is 39.0 Å². The third kappa shape index (κ3) is 5.14. The molecule has 0 radical (unpaired) electrons. The molecule has 1 atom stereocenters. The fourth-order valence-electron chi connectivity index (χ4n) is 8.05. The van der Waals surface area contributed by atoms with Crippen molar-refractivity contribution in [1.82, 2.24) is 0 Å². The van der Waals surface area contributed by atoms with Gasteiger partial charge in [-0.05, 0) is 99.6 Å². The van der Waals surface area contributed by atoms with Crippen LogP contribution in [0.4, 0.5) is 17.1 Å². The fraction of sp³-hybridized carbons (Fsp3) is 0.0196. The molecule has 0 saturated carbocycles. The van der Waals surface area contributed by atoms with Crippen LogP contribution < -0.4 is 4.90 Å². The quantitative estimate of drug-likeness (QED) is 0.169. The lowest BCUT2D eigenvalue weighted by molar-refractivity contribution is 0.669. The van der Waals surface area contributed by atoms with E-state index in [-0.39, 0.29) is 0 Å². The molecule has 1 aliphatic rings. The Morgan fingerprint density at radius 1 is 0.415 bits per heavy atom. The van der Waals surface area contributed by atoms with Crippen molar-refractivity contribution in [3.05, 3.63) is 222 Å². The summed E-state index contributed by atoms with van der Waals surface area (Å²) in [7, 11) is 0. The van der Waals surface area contributed by atoms with E-state index >= 15 is 0 Å². The first kappa shape index (κ1) is 30.7. The summed E-state index contributed by atoms with van der Waals surface area (Å²) in [5.41, 5.74) is 13.6. The molecule has 0 saturated heterocycles. The van der Waals surface area contributed by atoms with Crippen LogP contribution in [-0.4, -0.2) is 0 Å². The molecule has 9 aromatic rings. The van der Waals surface area contributed by atoms with Crippen LogP contribution in [-0.2, 0) is 5.41 Å². The van der Waals surface area contributed by atoms with E-state index in [9.17, 15) is 0 Å². The molecule has 1 aromatic heterocycles. The van der Waals surface area contributed by atoms with Gasteiger partial charge in [-0.15, -0.1) is 0 Å². The second-order valence-corrected chi connectivity index (χ2v) is 13.5. The summed E-state index contributed by atoms with van der Waals surface area (Å²) >= 11 is 0. The van der Waals surface area contributed by atoms with Gasteiger partial charge in [0.05, 0.1) is 0 Å². The minimum atomic E-state index is -0.644. The zero-order valence-corrected chi connectivity index (χ0v) is 28.9. The van der Waals surface area contributed by atoms with Crippen LogP contribution in [0.5, 0.6) is 0 Å². The lowest BCUT2D eigenvalue weighted by Gasteiger charge is -2.28. The van der Waals surface area contributed by atoms with Crippen molar-refractivity contribution in [3.63, 3.8) is 0 Å². The number of benzene rings is 8. The van der Waals surface area contributed by atoms with Gasteiger partial charge in [-0.2, -0.15) is 0 Å². The normalized spacial score (nSPS) is 14.3. The predicted octanol–water partition coefficient (Wildman–Crippen LogP) is 13.1. The zero-order chi connectivity index (χ0) is 35.2. The monoisotopic (exact) mass is 675 g/mol. The maximum absolute atomic E-state index is 6.34. The van der Waals surface area contributed by atoms with E-state index in [0.717, 1.165) is 61.3 Å². The summed E-state index contributed by atoms with van der Waals surface area (Å²) in [6, 6.07) is 70.9. The van der Waals surface area contributed by atoms with Gasteiger partial charge in [0.15, 0.2) is 0 Å². The third-order valence-electron chi connectivity index (χ3n) is 10.5. The Bertz CT molecular complexity index is 2840. The molecule has 0 spiro atoms. The molecule has 10 rings (SSSR count). The standard InChI is InChI=1S/C51H33NO/c1-4-15-36(16-5-1)31-32-51(39-18-6-2-7-19-39)47-25-12-10-23-43(47)44-29-27-38(34-48(44)51)37-17-14-22-41(33-37)52(40-20-8-3-9-21-40)42-28-30-46-45-24-11-13-26-49(45)53-50(46)35-42/h1-30,33-35H. The Morgan fingerprint density at radius 3 is 1.91 bits per heavy atom. The van der Waals surface area contributed by atoms with E-state index < -0.39 is 5.41 Å². The molecule has 0 amide bonds. The first-order chi connectivity index (χ1) is 26.3. The number of hydrogen-bond donors (Lipinski definition) is 0. The van der Waals surface area contributed by atoms with E-state index in [1.165, 1.54) is 22.3 Å². The summed E-state index contributed by atoms with van der Waals surface area (Å²) in [5.74, 6) is 7.43. The molecule has 1 aliphatic carbocycles. The molecule has 0 bridgehead atoms. The Morgan fingerprint density at radius 2 is 1.06 bits per heavy atom. The van der Waals surface area contributed by atoms with Crippen LogP contribution in [0.2, 0.25) is 0 Å². The minimum Gasteiger partial charge on any atom is -0.456 e. The number of hydrogen-bond acceptors (Lipinski definition) is 2. The van der Waals surface area contributed by atoms with Gasteiger partial charge in [-0.1, -0.05) is 145 Å². The van der Waals surface area contributed by atoms with Crippen LogP contribution in [0.25, 0.3) is 44.2 Å². The second-order valence-electron chi connectivity index (χ2n) is 13.5. The topological polar surface area (TPSA) is 16.4 Å². The van der Waals surface area contributed by atoms with Gasteiger partial charge in [-0.3, -0.25) is 0 Å². The molecule has 1 unspecified atom stereocenters. The summed E-state index contributed by atoms with van der Waals surface area (Å²) in [5, 5.41) is 2.24. The minimum absolute atomic E-state index is 0.644. The Hall–Kier alpha value is -7.08. The number of rotatable bonds is 5. The molecule has 1 heterocycles. The molecular weight excluding hydrogens is 643 g/mol. The van der Waals surface area contributed by atoms with Gasteiger partial charge in [0.25, 0.3) is 0 Å². The van der Waals surface area contributed by atoms with E-state index in [2.05, 4.69) is 187 Å². The van der Waals surface area contributed by atoms with Gasteiger partial charge in [0.1, 0.15) is 16.6 Å². The highest BCUT2D eigenvalue weighted by atomic mass is 16.3. The summed E-state index contributed by atoms with van der Waals surface area (Å²) in [6.45, 7) is 0. The van der Waals surface area contributed by atoms with Crippen LogP contribution in [0, 0.1) is 11.8 Å². The Kier molecular flexibility index (Phi) is 7.30. The highest BCUT2D eigenvalue weighted by Gasteiger charge is 2.43. The van der Waals surface area contributed by atoms with Crippen molar-refractivity contribution in [3.8, 4) is 34.1 Å². The number of furan rings is 1. The molecule has 2 heteroatoms. The van der Waals surface area contributed by atoms with Gasteiger partial charge in [-0.25, -0.2) is 0 Å². The van der Waals surface area contributed by atoms with Crippen molar-refractivity contribution in [2.75, 3.05) is 4.90 Å². The molecule has 0 N–H and O–H groups in total. The van der Waals surface area contributed by atoms with Crippen LogP contribution >= 0.6 is 0 Å². The number of anilines is 3. The highest BCUT2D eigenvalue weighted by molar-refractivity contribution is 6.06. The van der Waals surface area contributed by atoms with Crippen LogP contribution in [0.1, 0.15) is 22.3 Å². The third-order valence-corrected chi connectivity index (χ3v) is 10.5. The van der Waals surface area contributed by atoms with Gasteiger partial charge in [0, 0.05) is 39.5 Å². The maximum atomic E-state index is 6.34. The van der Waals surface area contributed by atoms with Crippen LogP contribution in [0.15, 0.2) is 205 Å². The molecule has 0 fully saturated rings. The van der Waals surface area contributed by atoms with Gasteiger partial charge >= 0.3 is 0 Å². The highest BCUT2D eigenvalue weighted by Crippen LogP contribution is 2.53. The number of nitrogens with zero attached hydrogens (tertiary/aromatic N) is 1. The Balaban J connectivity index is 1.14. The lowest BCUT2D eigenvalue weighted by atomic mass is 9.72. The van der Waals surface area contributed by atoms with E-state index in [1.807, 2.05) is 30.3 Å². The van der Waals surface area contributed by atoms with Crippen molar-refractivity contribution in [2.24, 2.45) is 0 Å². The van der Waals surface area contributed by atoms with E-state index in [0.29, 0.717) is 0 Å². The summed E-state index contributed by atoms with van der Waals surface area (Å²) in [6.07, 6.45) is 0. The zero-order valence-electron chi connectivity index (χ0n) is 28.9. The molecule has 0 aliphatic heterocycles. The molecular formula is C51H33NO. The van der Waals surface area contributed by atoms with E-state index in [1.54, 1.807) is 0 Å². The summed E-state index contributed by atoms with van der Waals surface area (Å²) < 4.78 is 6.34. The average Bonchev–Trinajstić information content (AvgIpc) is 3.74. The first-order valence-corrected chi connectivity index (χ1v) is 18.0. The van der Waals surface area contributed by atoms with Crippen LogP contribution in [0.3, 0.4) is 0 Å². The molecule has 2 nitrogen and oxygen atoms in total. The Labute approximate surface area is 309 Å².